The van der Waals surface area contributed by atoms with Crippen LogP contribution in [0.15, 0.2) is 12.5 Å². The van der Waals surface area contributed by atoms with Gasteiger partial charge >= 0.3 is 5.97 Å². The molecule has 0 aliphatic rings. The van der Waals surface area contributed by atoms with Gasteiger partial charge in [-0.15, -0.1) is 0 Å². The minimum absolute atomic E-state index is 0.282. The molecular weight excluding hydrogens is 222 g/mol. The molecule has 90 valence electrons. The number of ether oxygens (including phenoxy) is 1. The van der Waals surface area contributed by atoms with E-state index in [4.69, 9.17) is 0 Å². The molecule has 1 atom stereocenters. The van der Waals surface area contributed by atoms with Crippen molar-refractivity contribution in [3.63, 3.8) is 0 Å². The first-order valence-corrected chi connectivity index (χ1v) is 4.95. The number of carbonyl (C=O) groups is 2. The van der Waals surface area contributed by atoms with E-state index in [9.17, 15) is 9.59 Å². The summed E-state index contributed by atoms with van der Waals surface area (Å²) in [5.74, 6) is 3.72. The van der Waals surface area contributed by atoms with E-state index in [1.165, 1.54) is 13.4 Å². The topological polar surface area (TPSA) is 84.1 Å². The van der Waals surface area contributed by atoms with E-state index in [1.54, 1.807) is 13.1 Å². The SMILES string of the molecule is CC#CC(=O)N[C@@H](Cc1cnc[nH]1)C(=O)OC. The van der Waals surface area contributed by atoms with Crippen molar-refractivity contribution in [1.29, 1.82) is 0 Å². The van der Waals surface area contributed by atoms with Crippen molar-refractivity contribution in [3.05, 3.63) is 18.2 Å². The van der Waals surface area contributed by atoms with Crippen molar-refractivity contribution in [1.82, 2.24) is 15.3 Å². The van der Waals surface area contributed by atoms with Crippen molar-refractivity contribution >= 4 is 11.9 Å². The van der Waals surface area contributed by atoms with E-state index in [1.807, 2.05) is 0 Å². The Morgan fingerprint density at radius 2 is 2.41 bits per heavy atom. The number of methoxy groups -OCH3 is 1. The van der Waals surface area contributed by atoms with Gasteiger partial charge in [-0.3, -0.25) is 4.79 Å². The highest BCUT2D eigenvalue weighted by atomic mass is 16.5. The number of aromatic amines is 1. The third-order valence-corrected chi connectivity index (χ3v) is 2.01. The Morgan fingerprint density at radius 1 is 1.65 bits per heavy atom. The normalized spacial score (nSPS) is 10.9. The summed E-state index contributed by atoms with van der Waals surface area (Å²) < 4.78 is 4.60. The van der Waals surface area contributed by atoms with Crippen LogP contribution in [-0.2, 0) is 20.7 Å². The number of hydrogen-bond donors (Lipinski definition) is 2. The molecule has 1 aromatic rings. The summed E-state index contributed by atoms with van der Waals surface area (Å²) in [6.45, 7) is 1.54. The van der Waals surface area contributed by atoms with E-state index >= 15 is 0 Å². The molecule has 0 aliphatic heterocycles. The second kappa shape index (κ2) is 6.33. The molecule has 1 rings (SSSR count). The van der Waals surface area contributed by atoms with Crippen LogP contribution in [0.3, 0.4) is 0 Å². The predicted molar refractivity (Wildman–Crippen MR) is 59.7 cm³/mol. The van der Waals surface area contributed by atoms with E-state index in [0.29, 0.717) is 0 Å². The van der Waals surface area contributed by atoms with Gasteiger partial charge in [0.2, 0.25) is 0 Å². The minimum atomic E-state index is -0.770. The van der Waals surface area contributed by atoms with Crippen LogP contribution in [0.4, 0.5) is 0 Å². The second-order valence-corrected chi connectivity index (χ2v) is 3.21. The molecule has 6 nitrogen and oxygen atoms in total. The Hall–Kier alpha value is -2.29. The number of aromatic nitrogens is 2. The van der Waals surface area contributed by atoms with Crippen molar-refractivity contribution in [2.75, 3.05) is 7.11 Å². The van der Waals surface area contributed by atoms with Gasteiger partial charge in [-0.05, 0) is 12.8 Å². The Labute approximate surface area is 98.8 Å². The molecule has 6 heteroatoms. The van der Waals surface area contributed by atoms with Crippen LogP contribution in [0.2, 0.25) is 0 Å². The summed E-state index contributed by atoms with van der Waals surface area (Å²) in [7, 11) is 1.26. The zero-order chi connectivity index (χ0) is 12.7. The van der Waals surface area contributed by atoms with Crippen LogP contribution in [-0.4, -0.2) is 35.0 Å². The van der Waals surface area contributed by atoms with Crippen molar-refractivity contribution in [3.8, 4) is 11.8 Å². The van der Waals surface area contributed by atoms with Crippen LogP contribution in [0, 0.1) is 11.8 Å². The lowest BCUT2D eigenvalue weighted by Gasteiger charge is -2.13. The fourth-order valence-electron chi connectivity index (χ4n) is 1.26. The minimum Gasteiger partial charge on any atom is -0.467 e. The zero-order valence-corrected chi connectivity index (χ0v) is 9.61. The number of carbonyl (C=O) groups excluding carboxylic acids is 2. The summed E-state index contributed by atoms with van der Waals surface area (Å²) in [6, 6.07) is -0.770. The predicted octanol–water partition coefficient (Wildman–Crippen LogP) is -0.367. The molecule has 0 spiro atoms. The van der Waals surface area contributed by atoms with Gasteiger partial charge in [0, 0.05) is 18.3 Å². The maximum atomic E-state index is 11.5. The van der Waals surface area contributed by atoms with Gasteiger partial charge in [0.25, 0.3) is 5.91 Å². The number of hydrogen-bond acceptors (Lipinski definition) is 4. The molecule has 0 fully saturated rings. The van der Waals surface area contributed by atoms with Gasteiger partial charge in [0.15, 0.2) is 0 Å². The summed E-state index contributed by atoms with van der Waals surface area (Å²) in [5, 5.41) is 2.47. The van der Waals surface area contributed by atoms with Gasteiger partial charge in [-0.25, -0.2) is 9.78 Å². The van der Waals surface area contributed by atoms with Gasteiger partial charge in [0.1, 0.15) is 6.04 Å². The Morgan fingerprint density at radius 3 is 2.94 bits per heavy atom. The zero-order valence-electron chi connectivity index (χ0n) is 9.61. The van der Waals surface area contributed by atoms with Crippen molar-refractivity contribution in [2.24, 2.45) is 0 Å². The van der Waals surface area contributed by atoms with Crippen LogP contribution < -0.4 is 5.32 Å². The lowest BCUT2D eigenvalue weighted by molar-refractivity contribution is -0.144. The highest BCUT2D eigenvalue weighted by molar-refractivity contribution is 5.96. The molecule has 17 heavy (non-hydrogen) atoms. The monoisotopic (exact) mass is 235 g/mol. The van der Waals surface area contributed by atoms with Crippen LogP contribution in [0.25, 0.3) is 0 Å². The van der Waals surface area contributed by atoms with Gasteiger partial charge in [-0.1, -0.05) is 5.92 Å². The third-order valence-electron chi connectivity index (χ3n) is 2.01. The van der Waals surface area contributed by atoms with Crippen LogP contribution in [0.1, 0.15) is 12.6 Å². The fraction of sp³-hybridized carbons (Fsp3) is 0.364. The first-order valence-electron chi connectivity index (χ1n) is 4.95. The van der Waals surface area contributed by atoms with Crippen molar-refractivity contribution < 1.29 is 14.3 Å². The van der Waals surface area contributed by atoms with Gasteiger partial charge < -0.3 is 15.0 Å². The van der Waals surface area contributed by atoms with E-state index in [-0.39, 0.29) is 6.42 Å². The highest BCUT2D eigenvalue weighted by Crippen LogP contribution is 2.00. The molecule has 2 N–H and O–H groups in total. The van der Waals surface area contributed by atoms with Crippen LogP contribution >= 0.6 is 0 Å². The number of amides is 1. The average Bonchev–Trinajstić information content (AvgIpc) is 2.80. The quantitative estimate of drug-likeness (QED) is 0.551. The molecule has 0 radical (unpaired) electrons. The molecular formula is C11H13N3O3. The van der Waals surface area contributed by atoms with Crippen molar-refractivity contribution in [2.45, 2.75) is 19.4 Å². The molecule has 1 aromatic heterocycles. The van der Waals surface area contributed by atoms with Crippen LogP contribution in [0.5, 0.6) is 0 Å². The molecule has 1 heterocycles. The summed E-state index contributed by atoms with van der Waals surface area (Å²) >= 11 is 0. The highest BCUT2D eigenvalue weighted by Gasteiger charge is 2.21. The maximum Gasteiger partial charge on any atom is 0.328 e. The van der Waals surface area contributed by atoms with Gasteiger partial charge in [0.05, 0.1) is 13.4 Å². The second-order valence-electron chi connectivity index (χ2n) is 3.21. The number of rotatable bonds is 4. The summed E-state index contributed by atoms with van der Waals surface area (Å²) in [5.41, 5.74) is 0.727. The number of imidazole rings is 1. The first-order chi connectivity index (χ1) is 8.17. The summed E-state index contributed by atoms with van der Waals surface area (Å²) in [6.07, 6.45) is 3.36. The number of nitrogens with one attached hydrogen (secondary N) is 2. The Kier molecular flexibility index (Phi) is 4.76. The summed E-state index contributed by atoms with van der Waals surface area (Å²) in [4.78, 5) is 29.4. The number of nitrogens with zero attached hydrogens (tertiary/aromatic N) is 1. The molecule has 0 unspecified atom stereocenters. The molecule has 0 aromatic carbocycles. The largest absolute Gasteiger partial charge is 0.467 e. The fourth-order valence-corrected chi connectivity index (χ4v) is 1.26. The maximum absolute atomic E-state index is 11.5. The molecule has 0 saturated heterocycles. The molecule has 0 saturated carbocycles. The lowest BCUT2D eigenvalue weighted by Crippen LogP contribution is -2.42. The first kappa shape index (κ1) is 12.8. The Bertz CT molecular complexity index is 442. The smallest absolute Gasteiger partial charge is 0.328 e. The van der Waals surface area contributed by atoms with Gasteiger partial charge in [-0.2, -0.15) is 0 Å². The number of H-pyrrole nitrogens is 1. The van der Waals surface area contributed by atoms with E-state index in [0.717, 1.165) is 5.69 Å². The lowest BCUT2D eigenvalue weighted by atomic mass is 10.1. The standard InChI is InChI=1S/C11H13N3O3/c1-3-4-10(15)14-9(11(16)17-2)5-8-6-12-7-13-8/h6-7,9H,5H2,1-2H3,(H,12,13)(H,14,15)/t9-/m0/s1. The molecule has 0 bridgehead atoms. The number of esters is 1. The molecule has 1 amide bonds. The Balaban J connectivity index is 2.69. The van der Waals surface area contributed by atoms with E-state index < -0.39 is 17.9 Å². The third kappa shape index (κ3) is 3.99. The average molecular weight is 235 g/mol. The van der Waals surface area contributed by atoms with E-state index in [2.05, 4.69) is 31.9 Å². The molecule has 0 aliphatic carbocycles.